The Morgan fingerprint density at radius 3 is 2.57 bits per heavy atom. The summed E-state index contributed by atoms with van der Waals surface area (Å²) in [6, 6.07) is 1.14. The van der Waals surface area contributed by atoms with Gasteiger partial charge < -0.3 is 10.5 Å². The van der Waals surface area contributed by atoms with Crippen LogP contribution in [0.4, 0.5) is 0 Å². The molecule has 3 heteroatoms. The third kappa shape index (κ3) is 2.27. The summed E-state index contributed by atoms with van der Waals surface area (Å²) in [4.78, 5) is 2.56. The van der Waals surface area contributed by atoms with Crippen LogP contribution in [0.1, 0.15) is 26.2 Å². The predicted octanol–water partition coefficient (Wildman–Crippen LogP) is 0.835. The number of morpholine rings is 1. The molecule has 0 spiro atoms. The molecule has 0 aromatic heterocycles. The topological polar surface area (TPSA) is 38.5 Å². The van der Waals surface area contributed by atoms with E-state index in [4.69, 9.17) is 10.5 Å². The molecule has 2 rings (SSSR count). The fourth-order valence-electron chi connectivity index (χ4n) is 2.61. The predicted molar refractivity (Wildman–Crippen MR) is 57.2 cm³/mol. The molecule has 2 fully saturated rings. The molecule has 0 radical (unpaired) electrons. The summed E-state index contributed by atoms with van der Waals surface area (Å²) >= 11 is 0. The molecule has 1 saturated carbocycles. The van der Waals surface area contributed by atoms with Crippen LogP contribution in [0.15, 0.2) is 0 Å². The zero-order valence-electron chi connectivity index (χ0n) is 9.11. The van der Waals surface area contributed by atoms with Crippen molar-refractivity contribution in [3.63, 3.8) is 0 Å². The highest BCUT2D eigenvalue weighted by Gasteiger charge is 2.29. The van der Waals surface area contributed by atoms with Gasteiger partial charge in [-0.05, 0) is 25.2 Å². The maximum Gasteiger partial charge on any atom is 0.0594 e. The third-order valence-corrected chi connectivity index (χ3v) is 3.79. The van der Waals surface area contributed by atoms with Crippen LogP contribution in [0.5, 0.6) is 0 Å². The molecular weight excluding hydrogens is 176 g/mol. The SMILES string of the molecule is CC1CCC(N2CCOCC2)CC1N. The van der Waals surface area contributed by atoms with Crippen LogP contribution in [0.3, 0.4) is 0 Å². The van der Waals surface area contributed by atoms with E-state index in [1.54, 1.807) is 0 Å². The van der Waals surface area contributed by atoms with E-state index >= 15 is 0 Å². The number of nitrogens with zero attached hydrogens (tertiary/aromatic N) is 1. The molecule has 0 amide bonds. The molecule has 1 aliphatic heterocycles. The Bertz CT molecular complexity index is 180. The molecule has 1 aliphatic carbocycles. The maximum atomic E-state index is 6.12. The normalized spacial score (nSPS) is 41.1. The van der Waals surface area contributed by atoms with E-state index in [0.29, 0.717) is 12.0 Å². The van der Waals surface area contributed by atoms with Gasteiger partial charge in [-0.15, -0.1) is 0 Å². The summed E-state index contributed by atoms with van der Waals surface area (Å²) in [7, 11) is 0. The van der Waals surface area contributed by atoms with Crippen molar-refractivity contribution in [2.75, 3.05) is 26.3 Å². The molecule has 14 heavy (non-hydrogen) atoms. The highest BCUT2D eigenvalue weighted by molar-refractivity contribution is 4.86. The smallest absolute Gasteiger partial charge is 0.0594 e. The fraction of sp³-hybridized carbons (Fsp3) is 1.00. The number of rotatable bonds is 1. The minimum absolute atomic E-state index is 0.414. The van der Waals surface area contributed by atoms with Crippen molar-refractivity contribution in [1.82, 2.24) is 4.90 Å². The lowest BCUT2D eigenvalue weighted by Gasteiger charge is -2.40. The van der Waals surface area contributed by atoms with Crippen LogP contribution in [0, 0.1) is 5.92 Å². The summed E-state index contributed by atoms with van der Waals surface area (Å²) in [5, 5.41) is 0. The van der Waals surface area contributed by atoms with Gasteiger partial charge in [0.1, 0.15) is 0 Å². The van der Waals surface area contributed by atoms with Gasteiger partial charge in [-0.3, -0.25) is 4.90 Å². The van der Waals surface area contributed by atoms with Gasteiger partial charge in [0.15, 0.2) is 0 Å². The van der Waals surface area contributed by atoms with Crippen molar-refractivity contribution >= 4 is 0 Å². The zero-order chi connectivity index (χ0) is 9.97. The molecule has 1 saturated heterocycles. The third-order valence-electron chi connectivity index (χ3n) is 3.79. The second-order valence-electron chi connectivity index (χ2n) is 4.76. The summed E-state index contributed by atoms with van der Waals surface area (Å²) in [5.74, 6) is 0.715. The van der Waals surface area contributed by atoms with Crippen molar-refractivity contribution in [3.8, 4) is 0 Å². The average molecular weight is 198 g/mol. The van der Waals surface area contributed by atoms with Crippen molar-refractivity contribution in [3.05, 3.63) is 0 Å². The summed E-state index contributed by atoms with van der Waals surface area (Å²) in [6.07, 6.45) is 3.80. The molecule has 0 aromatic rings. The van der Waals surface area contributed by atoms with Gasteiger partial charge in [0.2, 0.25) is 0 Å². The minimum Gasteiger partial charge on any atom is -0.379 e. The molecule has 1 heterocycles. The van der Waals surface area contributed by atoms with E-state index in [9.17, 15) is 0 Å². The van der Waals surface area contributed by atoms with E-state index < -0.39 is 0 Å². The lowest BCUT2D eigenvalue weighted by atomic mass is 9.82. The van der Waals surface area contributed by atoms with E-state index in [-0.39, 0.29) is 0 Å². The van der Waals surface area contributed by atoms with Crippen LogP contribution in [0.25, 0.3) is 0 Å². The lowest BCUT2D eigenvalue weighted by molar-refractivity contribution is 0.00314. The first-order valence-corrected chi connectivity index (χ1v) is 5.85. The highest BCUT2D eigenvalue weighted by atomic mass is 16.5. The largest absolute Gasteiger partial charge is 0.379 e. The van der Waals surface area contributed by atoms with E-state index in [0.717, 1.165) is 32.3 Å². The molecular formula is C11H22N2O. The Morgan fingerprint density at radius 2 is 1.93 bits per heavy atom. The number of hydrogen-bond acceptors (Lipinski definition) is 3. The van der Waals surface area contributed by atoms with E-state index in [1.165, 1.54) is 19.3 Å². The Balaban J connectivity index is 1.85. The number of nitrogens with two attached hydrogens (primary N) is 1. The lowest BCUT2D eigenvalue weighted by Crippen LogP contribution is -2.49. The van der Waals surface area contributed by atoms with Gasteiger partial charge in [0.25, 0.3) is 0 Å². The van der Waals surface area contributed by atoms with Gasteiger partial charge in [-0.2, -0.15) is 0 Å². The van der Waals surface area contributed by atoms with E-state index in [1.807, 2.05) is 0 Å². The standard InChI is InChI=1S/C11H22N2O/c1-9-2-3-10(8-11(9)12)13-4-6-14-7-5-13/h9-11H,2-8,12H2,1H3. The average Bonchev–Trinajstić information content (AvgIpc) is 2.23. The summed E-state index contributed by atoms with van der Waals surface area (Å²) in [6.45, 7) is 6.29. The fourth-order valence-corrected chi connectivity index (χ4v) is 2.61. The molecule has 3 nitrogen and oxygen atoms in total. The first-order chi connectivity index (χ1) is 6.77. The molecule has 0 aromatic carbocycles. The quantitative estimate of drug-likeness (QED) is 0.678. The van der Waals surface area contributed by atoms with Gasteiger partial charge in [-0.25, -0.2) is 0 Å². The number of ether oxygens (including phenoxy) is 1. The molecule has 2 N–H and O–H groups in total. The van der Waals surface area contributed by atoms with Crippen LogP contribution in [-0.2, 0) is 4.74 Å². The monoisotopic (exact) mass is 198 g/mol. The maximum absolute atomic E-state index is 6.12. The van der Waals surface area contributed by atoms with Crippen LogP contribution >= 0.6 is 0 Å². The van der Waals surface area contributed by atoms with Crippen molar-refractivity contribution in [2.24, 2.45) is 11.7 Å². The number of hydrogen-bond donors (Lipinski definition) is 1. The summed E-state index contributed by atoms with van der Waals surface area (Å²) in [5.41, 5.74) is 6.12. The van der Waals surface area contributed by atoms with Gasteiger partial charge in [0, 0.05) is 25.2 Å². The molecule has 3 unspecified atom stereocenters. The van der Waals surface area contributed by atoms with E-state index in [2.05, 4.69) is 11.8 Å². The second kappa shape index (κ2) is 4.60. The first kappa shape index (κ1) is 10.4. The van der Waals surface area contributed by atoms with Gasteiger partial charge in [0.05, 0.1) is 13.2 Å². The zero-order valence-corrected chi connectivity index (χ0v) is 9.11. The Hall–Kier alpha value is -0.120. The van der Waals surface area contributed by atoms with Crippen molar-refractivity contribution in [2.45, 2.75) is 38.3 Å². The van der Waals surface area contributed by atoms with Crippen LogP contribution in [0.2, 0.25) is 0 Å². The first-order valence-electron chi connectivity index (χ1n) is 5.85. The Labute approximate surface area is 86.6 Å². The minimum atomic E-state index is 0.414. The van der Waals surface area contributed by atoms with Crippen LogP contribution < -0.4 is 5.73 Å². The highest BCUT2D eigenvalue weighted by Crippen LogP contribution is 2.26. The van der Waals surface area contributed by atoms with Crippen molar-refractivity contribution < 1.29 is 4.74 Å². The molecule has 0 bridgehead atoms. The molecule has 3 atom stereocenters. The molecule has 82 valence electrons. The van der Waals surface area contributed by atoms with Crippen LogP contribution in [-0.4, -0.2) is 43.3 Å². The Morgan fingerprint density at radius 1 is 1.21 bits per heavy atom. The van der Waals surface area contributed by atoms with Gasteiger partial charge >= 0.3 is 0 Å². The molecule has 2 aliphatic rings. The van der Waals surface area contributed by atoms with Crippen molar-refractivity contribution in [1.29, 1.82) is 0 Å². The second-order valence-corrected chi connectivity index (χ2v) is 4.76. The summed E-state index contributed by atoms with van der Waals surface area (Å²) < 4.78 is 5.37. The van der Waals surface area contributed by atoms with Gasteiger partial charge in [-0.1, -0.05) is 6.92 Å². The Kier molecular flexibility index (Phi) is 3.42.